The molecule has 2 N–H and O–H groups in total. The largest absolute Gasteiger partial charge is 0.497 e. The number of hydrogen-bond acceptors (Lipinski definition) is 7. The van der Waals surface area contributed by atoms with Crippen LogP contribution in [-0.2, 0) is 16.0 Å². The Morgan fingerprint density at radius 1 is 0.679 bits per heavy atom. The first kappa shape index (κ1) is 41.1. The SMILES string of the molecule is COC(=O)c1cc(Br)c2c(c1)N(c1c(Cl)cccc1Cl)C(=O)NC2.COC(=O)c1cc(Br)c2c(c1)N(c1c(Cl)cccc1Cl)C(=O)NC2c1ccc(OC)cc1. The van der Waals surface area contributed by atoms with Crippen molar-refractivity contribution >= 4 is 125 Å². The van der Waals surface area contributed by atoms with E-state index in [0.29, 0.717) is 69.6 Å². The maximum absolute atomic E-state index is 13.4. The number of nitrogens with zero attached hydrogens (tertiary/aromatic N) is 2. The molecule has 0 saturated heterocycles. The zero-order chi connectivity index (χ0) is 40.4. The number of carbonyl (C=O) groups is 4. The van der Waals surface area contributed by atoms with E-state index in [1.165, 1.54) is 24.0 Å². The van der Waals surface area contributed by atoms with Crippen LogP contribution in [0.5, 0.6) is 5.75 Å². The van der Waals surface area contributed by atoms with E-state index < -0.39 is 24.0 Å². The Balaban J connectivity index is 0.000000198. The molecule has 0 bridgehead atoms. The molecule has 1 unspecified atom stereocenters. The van der Waals surface area contributed by atoms with Crippen molar-refractivity contribution in [1.82, 2.24) is 10.6 Å². The van der Waals surface area contributed by atoms with Gasteiger partial charge in [0.05, 0.1) is 81.3 Å². The predicted molar refractivity (Wildman–Crippen MR) is 224 cm³/mol. The molecular formula is C39H28Br2Cl4N4O7. The van der Waals surface area contributed by atoms with Crippen LogP contribution in [0, 0.1) is 0 Å². The second kappa shape index (κ2) is 17.3. The van der Waals surface area contributed by atoms with Gasteiger partial charge >= 0.3 is 24.0 Å². The lowest BCUT2D eigenvalue weighted by Crippen LogP contribution is -2.45. The first-order chi connectivity index (χ1) is 26.8. The molecule has 0 spiro atoms. The lowest BCUT2D eigenvalue weighted by Gasteiger charge is -2.37. The van der Waals surface area contributed by atoms with Gasteiger partial charge in [-0.05, 0) is 66.2 Å². The fourth-order valence-electron chi connectivity index (χ4n) is 6.16. The van der Waals surface area contributed by atoms with Crippen molar-refractivity contribution in [2.45, 2.75) is 12.6 Å². The molecule has 56 heavy (non-hydrogen) atoms. The predicted octanol–water partition coefficient (Wildman–Crippen LogP) is 11.4. The molecule has 7 rings (SSSR count). The van der Waals surface area contributed by atoms with Crippen molar-refractivity contribution in [1.29, 1.82) is 0 Å². The molecule has 2 aliphatic heterocycles. The van der Waals surface area contributed by atoms with E-state index in [1.807, 2.05) is 24.3 Å². The zero-order valence-electron chi connectivity index (χ0n) is 29.4. The molecule has 0 fully saturated rings. The first-order valence-corrected chi connectivity index (χ1v) is 19.4. The molecule has 0 aromatic heterocycles. The smallest absolute Gasteiger partial charge is 0.337 e. The summed E-state index contributed by atoms with van der Waals surface area (Å²) >= 11 is 32.4. The first-order valence-electron chi connectivity index (χ1n) is 16.3. The van der Waals surface area contributed by atoms with Crippen LogP contribution in [-0.4, -0.2) is 45.3 Å². The topological polar surface area (TPSA) is 127 Å². The van der Waals surface area contributed by atoms with Crippen molar-refractivity contribution in [2.75, 3.05) is 31.1 Å². The van der Waals surface area contributed by atoms with Crippen LogP contribution >= 0.6 is 78.3 Å². The number of urea groups is 2. The van der Waals surface area contributed by atoms with Gasteiger partial charge in [-0.15, -0.1) is 0 Å². The number of fused-ring (bicyclic) bond motifs is 2. The number of carbonyl (C=O) groups excluding carboxylic acids is 4. The van der Waals surface area contributed by atoms with Gasteiger partial charge in [0.2, 0.25) is 0 Å². The average molecular weight is 966 g/mol. The highest BCUT2D eigenvalue weighted by Crippen LogP contribution is 2.47. The number of para-hydroxylation sites is 2. The number of methoxy groups -OCH3 is 3. The fraction of sp³-hybridized carbons (Fsp3) is 0.128. The van der Waals surface area contributed by atoms with E-state index in [-0.39, 0.29) is 11.6 Å². The number of nitrogens with one attached hydrogen (secondary N) is 2. The summed E-state index contributed by atoms with van der Waals surface area (Å²) in [5, 5.41) is 7.02. The quantitative estimate of drug-likeness (QED) is 0.162. The van der Waals surface area contributed by atoms with Crippen LogP contribution < -0.4 is 25.2 Å². The van der Waals surface area contributed by atoms with Crippen LogP contribution in [0.3, 0.4) is 0 Å². The Morgan fingerprint density at radius 3 is 1.66 bits per heavy atom. The summed E-state index contributed by atoms with van der Waals surface area (Å²) in [6.45, 7) is 0.314. The lowest BCUT2D eigenvalue weighted by molar-refractivity contribution is 0.0592. The number of ether oxygens (including phenoxy) is 3. The molecule has 0 saturated carbocycles. The van der Waals surface area contributed by atoms with E-state index in [2.05, 4.69) is 42.5 Å². The molecular weight excluding hydrogens is 938 g/mol. The van der Waals surface area contributed by atoms with E-state index >= 15 is 0 Å². The number of amides is 4. The normalized spacial score (nSPS) is 14.3. The van der Waals surface area contributed by atoms with Crippen molar-refractivity contribution in [3.05, 3.63) is 142 Å². The Morgan fingerprint density at radius 2 is 1.16 bits per heavy atom. The highest BCUT2D eigenvalue weighted by molar-refractivity contribution is 9.10. The highest BCUT2D eigenvalue weighted by Gasteiger charge is 2.37. The minimum Gasteiger partial charge on any atom is -0.497 e. The molecule has 288 valence electrons. The summed E-state index contributed by atoms with van der Waals surface area (Å²) < 4.78 is 16.2. The highest BCUT2D eigenvalue weighted by atomic mass is 79.9. The van der Waals surface area contributed by atoms with Gasteiger partial charge in [0.1, 0.15) is 5.75 Å². The van der Waals surface area contributed by atoms with Gasteiger partial charge in [-0.2, -0.15) is 0 Å². The molecule has 2 aliphatic rings. The van der Waals surface area contributed by atoms with Crippen molar-refractivity contribution in [2.24, 2.45) is 0 Å². The molecule has 11 nitrogen and oxygen atoms in total. The summed E-state index contributed by atoms with van der Waals surface area (Å²) in [7, 11) is 4.18. The van der Waals surface area contributed by atoms with Crippen molar-refractivity contribution < 1.29 is 33.4 Å². The van der Waals surface area contributed by atoms with Crippen LogP contribution in [0.2, 0.25) is 20.1 Å². The Bertz CT molecular complexity index is 2360. The summed E-state index contributed by atoms with van der Waals surface area (Å²) in [4.78, 5) is 52.8. The van der Waals surface area contributed by atoms with Crippen LogP contribution in [0.25, 0.3) is 0 Å². The second-order valence-electron chi connectivity index (χ2n) is 12.0. The molecule has 4 amide bonds. The lowest BCUT2D eigenvalue weighted by atomic mass is 9.93. The number of hydrogen-bond donors (Lipinski definition) is 2. The molecule has 0 radical (unpaired) electrons. The van der Waals surface area contributed by atoms with Gasteiger partial charge < -0.3 is 24.8 Å². The maximum atomic E-state index is 13.4. The van der Waals surface area contributed by atoms with E-state index in [9.17, 15) is 19.2 Å². The van der Waals surface area contributed by atoms with Gasteiger partial charge in [-0.25, -0.2) is 19.2 Å². The maximum Gasteiger partial charge on any atom is 0.337 e. The molecule has 5 aromatic rings. The van der Waals surface area contributed by atoms with Crippen LogP contribution in [0.4, 0.5) is 32.3 Å². The molecule has 5 aromatic carbocycles. The zero-order valence-corrected chi connectivity index (χ0v) is 35.6. The van der Waals surface area contributed by atoms with Gasteiger partial charge in [-0.3, -0.25) is 9.80 Å². The summed E-state index contributed by atoms with van der Waals surface area (Å²) in [5.74, 6) is -0.346. The number of halogens is 6. The van der Waals surface area contributed by atoms with E-state index in [4.69, 9.17) is 60.6 Å². The van der Waals surface area contributed by atoms with Crippen molar-refractivity contribution in [3.8, 4) is 5.75 Å². The van der Waals surface area contributed by atoms with E-state index in [0.717, 1.165) is 16.7 Å². The second-order valence-corrected chi connectivity index (χ2v) is 15.3. The Hall–Kier alpha value is -4.50. The monoisotopic (exact) mass is 962 g/mol. The van der Waals surface area contributed by atoms with Crippen molar-refractivity contribution in [3.63, 3.8) is 0 Å². The fourth-order valence-corrected chi connectivity index (χ4v) is 8.56. The third-order valence-corrected chi connectivity index (χ3v) is 11.3. The van der Waals surface area contributed by atoms with E-state index in [1.54, 1.807) is 67.8 Å². The number of benzene rings is 5. The third-order valence-electron chi connectivity index (χ3n) is 8.75. The van der Waals surface area contributed by atoms with Crippen LogP contribution in [0.15, 0.2) is 93.9 Å². The average Bonchev–Trinajstić information content (AvgIpc) is 3.18. The van der Waals surface area contributed by atoms with Gasteiger partial charge in [-0.1, -0.05) is 103 Å². The molecule has 2 heterocycles. The standard InChI is InChI=1S/C23H17BrCl2N2O4.C16H11BrCl2N2O3/c1-31-14-8-6-12(7-9-14)20-19-15(24)10-13(22(29)32-2)11-18(19)28(23(30)27-20)21-16(25)4-3-5-17(21)26;1-24-15(22)8-5-10(17)9-7-20-16(23)21(13(9)6-8)14-11(18)3-2-4-12(14)19/h3-11,20H,1-2H3,(H,27,30);2-6H,7H2,1H3,(H,20,23). The summed E-state index contributed by atoms with van der Waals surface area (Å²) in [5.41, 5.74) is 4.60. The Kier molecular flexibility index (Phi) is 12.7. The van der Waals surface area contributed by atoms with Crippen LogP contribution in [0.1, 0.15) is 43.4 Å². The number of esters is 2. The van der Waals surface area contributed by atoms with Gasteiger partial charge in [0, 0.05) is 26.6 Å². The molecule has 17 heteroatoms. The van der Waals surface area contributed by atoms with Gasteiger partial charge in [0.25, 0.3) is 0 Å². The Labute approximate surface area is 357 Å². The minimum atomic E-state index is -0.536. The number of rotatable bonds is 6. The third kappa shape index (κ3) is 8.02. The minimum absolute atomic E-state index is 0.273. The summed E-state index contributed by atoms with van der Waals surface area (Å²) in [6.07, 6.45) is 0. The molecule has 0 aliphatic carbocycles. The van der Waals surface area contributed by atoms with Gasteiger partial charge in [0.15, 0.2) is 0 Å². The summed E-state index contributed by atoms with van der Waals surface area (Å²) in [6, 6.07) is 22.5. The molecule has 1 atom stereocenters. The number of anilines is 4.